The molecule has 0 saturated heterocycles. The SMILES string of the molecule is CCc1c(-c2ccc(C)cc2)c(C)c2c(ncc3occc32)c1C. The number of furan rings is 1. The monoisotopic (exact) mass is 315 g/mol. The molecule has 0 aliphatic rings. The Morgan fingerprint density at radius 3 is 2.42 bits per heavy atom. The number of aryl methyl sites for hydroxylation is 3. The van der Waals surface area contributed by atoms with Crippen molar-refractivity contribution in [2.24, 2.45) is 0 Å². The molecule has 120 valence electrons. The fraction of sp³-hybridized carbons (Fsp3) is 0.227. The largest absolute Gasteiger partial charge is 0.463 e. The fourth-order valence-electron chi connectivity index (χ4n) is 3.84. The van der Waals surface area contributed by atoms with Crippen LogP contribution in [-0.2, 0) is 6.42 Å². The topological polar surface area (TPSA) is 26.0 Å². The first-order valence-electron chi connectivity index (χ1n) is 8.46. The van der Waals surface area contributed by atoms with Crippen LogP contribution < -0.4 is 0 Å². The van der Waals surface area contributed by atoms with E-state index in [4.69, 9.17) is 9.40 Å². The molecule has 0 unspecified atom stereocenters. The maximum absolute atomic E-state index is 5.58. The van der Waals surface area contributed by atoms with Gasteiger partial charge in [0.15, 0.2) is 5.58 Å². The Balaban J connectivity index is 2.19. The molecule has 2 aromatic heterocycles. The second kappa shape index (κ2) is 5.48. The summed E-state index contributed by atoms with van der Waals surface area (Å²) in [6.45, 7) is 8.76. The van der Waals surface area contributed by atoms with E-state index >= 15 is 0 Å². The summed E-state index contributed by atoms with van der Waals surface area (Å²) in [6, 6.07) is 10.9. The second-order valence-corrected chi connectivity index (χ2v) is 6.50. The van der Waals surface area contributed by atoms with Crippen LogP contribution in [0.25, 0.3) is 33.0 Å². The van der Waals surface area contributed by atoms with E-state index in [0.29, 0.717) is 0 Å². The van der Waals surface area contributed by atoms with Crippen molar-refractivity contribution in [1.29, 1.82) is 0 Å². The summed E-state index contributed by atoms with van der Waals surface area (Å²) in [5.74, 6) is 0. The molecule has 0 aliphatic heterocycles. The van der Waals surface area contributed by atoms with Gasteiger partial charge >= 0.3 is 0 Å². The van der Waals surface area contributed by atoms with Gasteiger partial charge in [0.1, 0.15) is 0 Å². The van der Waals surface area contributed by atoms with Gasteiger partial charge in [0.2, 0.25) is 0 Å². The van der Waals surface area contributed by atoms with Crippen molar-refractivity contribution >= 4 is 21.9 Å². The number of rotatable bonds is 2. The molecule has 2 heterocycles. The number of aromatic nitrogens is 1. The molecule has 2 nitrogen and oxygen atoms in total. The third-order valence-corrected chi connectivity index (χ3v) is 5.07. The van der Waals surface area contributed by atoms with Gasteiger partial charge in [-0.15, -0.1) is 0 Å². The molecule has 0 spiro atoms. The Labute approximate surface area is 142 Å². The third kappa shape index (κ3) is 2.06. The molecule has 2 aromatic carbocycles. The van der Waals surface area contributed by atoms with Gasteiger partial charge in [0.25, 0.3) is 0 Å². The van der Waals surface area contributed by atoms with E-state index in [-0.39, 0.29) is 0 Å². The minimum Gasteiger partial charge on any atom is -0.463 e. The van der Waals surface area contributed by atoms with Gasteiger partial charge in [-0.2, -0.15) is 0 Å². The van der Waals surface area contributed by atoms with Crippen LogP contribution in [0, 0.1) is 20.8 Å². The molecule has 0 fully saturated rings. The molecule has 0 aliphatic carbocycles. The Bertz CT molecular complexity index is 1060. The van der Waals surface area contributed by atoms with Crippen LogP contribution in [0.15, 0.2) is 47.2 Å². The molecule has 2 heteroatoms. The summed E-state index contributed by atoms with van der Waals surface area (Å²) >= 11 is 0. The van der Waals surface area contributed by atoms with Gasteiger partial charge in [-0.1, -0.05) is 36.8 Å². The summed E-state index contributed by atoms with van der Waals surface area (Å²) in [5.41, 5.74) is 9.80. The molecule has 0 bridgehead atoms. The standard InChI is InChI=1S/C22H21NO/c1-5-17-14(3)22-21(18-10-11-24-19(18)12-23-22)15(4)20(17)16-8-6-13(2)7-9-16/h6-12H,5H2,1-4H3. The van der Waals surface area contributed by atoms with Crippen LogP contribution in [0.1, 0.15) is 29.2 Å². The Morgan fingerprint density at radius 2 is 1.71 bits per heavy atom. The summed E-state index contributed by atoms with van der Waals surface area (Å²) < 4.78 is 5.58. The average molecular weight is 315 g/mol. The predicted octanol–water partition coefficient (Wildman–Crippen LogP) is 6.14. The smallest absolute Gasteiger partial charge is 0.152 e. The third-order valence-electron chi connectivity index (χ3n) is 5.07. The summed E-state index contributed by atoms with van der Waals surface area (Å²) in [4.78, 5) is 4.71. The lowest BCUT2D eigenvalue weighted by atomic mass is 9.86. The second-order valence-electron chi connectivity index (χ2n) is 6.50. The number of hydrogen-bond donors (Lipinski definition) is 0. The lowest BCUT2D eigenvalue weighted by Crippen LogP contribution is -1.99. The van der Waals surface area contributed by atoms with Gasteiger partial charge < -0.3 is 4.42 Å². The first kappa shape index (κ1) is 14.9. The van der Waals surface area contributed by atoms with Gasteiger partial charge in [-0.3, -0.25) is 4.98 Å². The summed E-state index contributed by atoms with van der Waals surface area (Å²) in [7, 11) is 0. The van der Waals surface area contributed by atoms with Crippen molar-refractivity contribution < 1.29 is 4.42 Å². The zero-order chi connectivity index (χ0) is 16.8. The van der Waals surface area contributed by atoms with Crippen LogP contribution in [-0.4, -0.2) is 4.98 Å². The van der Waals surface area contributed by atoms with Crippen LogP contribution in [0.3, 0.4) is 0 Å². The van der Waals surface area contributed by atoms with E-state index < -0.39 is 0 Å². The molecule has 4 rings (SSSR count). The van der Waals surface area contributed by atoms with E-state index in [0.717, 1.165) is 22.9 Å². The molecular weight excluding hydrogens is 294 g/mol. The number of nitrogens with zero attached hydrogens (tertiary/aromatic N) is 1. The highest BCUT2D eigenvalue weighted by molar-refractivity contribution is 6.09. The molecule has 0 amide bonds. The first-order chi connectivity index (χ1) is 11.6. The van der Waals surface area contributed by atoms with Crippen LogP contribution in [0.4, 0.5) is 0 Å². The van der Waals surface area contributed by atoms with Crippen LogP contribution in [0.2, 0.25) is 0 Å². The molecule has 0 N–H and O–H groups in total. The van der Waals surface area contributed by atoms with Crippen LogP contribution in [0.5, 0.6) is 0 Å². The highest BCUT2D eigenvalue weighted by Crippen LogP contribution is 2.39. The van der Waals surface area contributed by atoms with Gasteiger partial charge in [-0.05, 0) is 61.1 Å². The van der Waals surface area contributed by atoms with Crippen molar-refractivity contribution in [1.82, 2.24) is 4.98 Å². The average Bonchev–Trinajstić information content (AvgIpc) is 3.07. The highest BCUT2D eigenvalue weighted by Gasteiger charge is 2.18. The quantitative estimate of drug-likeness (QED) is 0.444. The molecule has 0 radical (unpaired) electrons. The normalized spacial score (nSPS) is 11.5. The number of hydrogen-bond acceptors (Lipinski definition) is 2. The number of benzene rings is 2. The first-order valence-corrected chi connectivity index (χ1v) is 8.46. The number of fused-ring (bicyclic) bond motifs is 3. The molecule has 0 saturated carbocycles. The Hall–Kier alpha value is -2.61. The van der Waals surface area contributed by atoms with E-state index in [1.54, 1.807) is 6.26 Å². The van der Waals surface area contributed by atoms with Crippen LogP contribution >= 0.6 is 0 Å². The van der Waals surface area contributed by atoms with Crippen molar-refractivity contribution in [3.05, 3.63) is 65.0 Å². The lowest BCUT2D eigenvalue weighted by Gasteiger charge is -2.19. The summed E-state index contributed by atoms with van der Waals surface area (Å²) in [5, 5.41) is 2.36. The van der Waals surface area contributed by atoms with E-state index in [2.05, 4.69) is 58.0 Å². The summed E-state index contributed by atoms with van der Waals surface area (Å²) in [6.07, 6.45) is 4.59. The van der Waals surface area contributed by atoms with Crippen molar-refractivity contribution in [3.8, 4) is 11.1 Å². The highest BCUT2D eigenvalue weighted by atomic mass is 16.3. The van der Waals surface area contributed by atoms with Gasteiger partial charge in [0, 0.05) is 10.8 Å². The molecule has 4 aromatic rings. The fourth-order valence-corrected chi connectivity index (χ4v) is 3.84. The van der Waals surface area contributed by atoms with E-state index in [1.807, 2.05) is 6.20 Å². The minimum absolute atomic E-state index is 0.851. The minimum atomic E-state index is 0.851. The zero-order valence-electron chi connectivity index (χ0n) is 14.6. The Morgan fingerprint density at radius 1 is 0.958 bits per heavy atom. The van der Waals surface area contributed by atoms with E-state index in [9.17, 15) is 0 Å². The molecule has 0 atom stereocenters. The maximum atomic E-state index is 5.58. The van der Waals surface area contributed by atoms with E-state index in [1.165, 1.54) is 38.8 Å². The van der Waals surface area contributed by atoms with Crippen molar-refractivity contribution in [2.45, 2.75) is 34.1 Å². The molecular formula is C22H21NO. The van der Waals surface area contributed by atoms with Crippen molar-refractivity contribution in [3.63, 3.8) is 0 Å². The molecule has 24 heavy (non-hydrogen) atoms. The van der Waals surface area contributed by atoms with Gasteiger partial charge in [-0.25, -0.2) is 0 Å². The van der Waals surface area contributed by atoms with Gasteiger partial charge in [0.05, 0.1) is 18.0 Å². The zero-order valence-corrected chi connectivity index (χ0v) is 14.6. The number of pyridine rings is 1. The van der Waals surface area contributed by atoms with Crippen molar-refractivity contribution in [2.75, 3.05) is 0 Å². The maximum Gasteiger partial charge on any atom is 0.152 e. The lowest BCUT2D eigenvalue weighted by molar-refractivity contribution is 0.614. The Kier molecular flexibility index (Phi) is 3.42. The predicted molar refractivity (Wildman–Crippen MR) is 101 cm³/mol.